The highest BCUT2D eigenvalue weighted by Crippen LogP contribution is 2.32. The number of nitrogens with zero attached hydrogens (tertiary/aromatic N) is 3. The summed E-state index contributed by atoms with van der Waals surface area (Å²) in [5.74, 6) is 0. The van der Waals surface area contributed by atoms with Gasteiger partial charge in [-0.25, -0.2) is 0 Å². The summed E-state index contributed by atoms with van der Waals surface area (Å²) in [5.41, 5.74) is 5.47. The van der Waals surface area contributed by atoms with E-state index in [1.54, 1.807) is 0 Å². The molecule has 0 amide bonds. The Morgan fingerprint density at radius 1 is 1.47 bits per heavy atom. The van der Waals surface area contributed by atoms with Crippen molar-refractivity contribution in [3.63, 3.8) is 0 Å². The van der Waals surface area contributed by atoms with Gasteiger partial charge in [-0.2, -0.15) is 0 Å². The lowest BCUT2D eigenvalue weighted by atomic mass is 9.80. The van der Waals surface area contributed by atoms with Crippen molar-refractivity contribution in [1.29, 1.82) is 0 Å². The third-order valence-electron chi connectivity index (χ3n) is 3.22. The molecular weight excluding hydrogens is 240 g/mol. The average Bonchev–Trinajstić information content (AvgIpc) is 2.77. The summed E-state index contributed by atoms with van der Waals surface area (Å²) in [7, 11) is 1.95. The van der Waals surface area contributed by atoms with Gasteiger partial charge in [0.1, 0.15) is 0 Å². The van der Waals surface area contributed by atoms with Crippen molar-refractivity contribution in [2.75, 3.05) is 44.0 Å². The maximum Gasteiger partial charge on any atom is 0.209 e. The summed E-state index contributed by atoms with van der Waals surface area (Å²) in [5, 5.41) is 18.7. The Morgan fingerprint density at radius 3 is 2.71 bits per heavy atom. The van der Waals surface area contributed by atoms with Gasteiger partial charge in [0, 0.05) is 32.2 Å². The van der Waals surface area contributed by atoms with E-state index in [4.69, 9.17) is 10.5 Å². The smallest absolute Gasteiger partial charge is 0.209 e. The quantitative estimate of drug-likeness (QED) is 0.810. The Balaban J connectivity index is 2.02. The predicted octanol–water partition coefficient (Wildman–Crippen LogP) is 0.346. The SMILES string of the molecule is CN(CC1(CO)CCOCC1)c1nnc(N)s1. The van der Waals surface area contributed by atoms with Crippen LogP contribution < -0.4 is 10.6 Å². The molecule has 0 bridgehead atoms. The molecule has 96 valence electrons. The molecule has 1 aromatic rings. The molecule has 1 aliphatic heterocycles. The van der Waals surface area contributed by atoms with E-state index in [-0.39, 0.29) is 12.0 Å². The maximum atomic E-state index is 9.60. The van der Waals surface area contributed by atoms with E-state index in [1.807, 2.05) is 11.9 Å². The molecule has 1 saturated heterocycles. The molecule has 1 aromatic heterocycles. The number of nitrogen functional groups attached to an aromatic ring is 1. The van der Waals surface area contributed by atoms with Crippen molar-refractivity contribution in [1.82, 2.24) is 10.2 Å². The number of nitrogens with two attached hydrogens (primary N) is 1. The number of rotatable bonds is 4. The van der Waals surface area contributed by atoms with E-state index in [9.17, 15) is 5.11 Å². The molecule has 2 heterocycles. The fourth-order valence-corrected chi connectivity index (χ4v) is 2.69. The number of ether oxygens (including phenoxy) is 1. The van der Waals surface area contributed by atoms with Crippen LogP contribution in [0.25, 0.3) is 0 Å². The zero-order chi connectivity index (χ0) is 12.3. The van der Waals surface area contributed by atoms with Crippen LogP contribution >= 0.6 is 11.3 Å². The lowest BCUT2D eigenvalue weighted by Crippen LogP contribution is -2.42. The molecule has 0 unspecified atom stereocenters. The topological polar surface area (TPSA) is 84.5 Å². The van der Waals surface area contributed by atoms with Gasteiger partial charge in [-0.3, -0.25) is 0 Å². The molecule has 7 heteroatoms. The Morgan fingerprint density at radius 2 is 2.18 bits per heavy atom. The summed E-state index contributed by atoms with van der Waals surface area (Å²) in [6.07, 6.45) is 1.75. The second-order valence-corrected chi connectivity index (χ2v) is 5.54. The van der Waals surface area contributed by atoms with Crippen LogP contribution in [0.4, 0.5) is 10.3 Å². The molecule has 2 rings (SSSR count). The first kappa shape index (κ1) is 12.5. The minimum Gasteiger partial charge on any atom is -0.396 e. The third kappa shape index (κ3) is 2.85. The van der Waals surface area contributed by atoms with Gasteiger partial charge >= 0.3 is 0 Å². The van der Waals surface area contributed by atoms with Crippen molar-refractivity contribution in [3.05, 3.63) is 0 Å². The predicted molar refractivity (Wildman–Crippen MR) is 67.2 cm³/mol. The van der Waals surface area contributed by atoms with Crippen LogP contribution in [-0.4, -0.2) is 48.7 Å². The first-order chi connectivity index (χ1) is 8.15. The monoisotopic (exact) mass is 258 g/mol. The fourth-order valence-electron chi connectivity index (χ4n) is 2.12. The molecule has 0 aliphatic carbocycles. The first-order valence-electron chi connectivity index (χ1n) is 5.64. The van der Waals surface area contributed by atoms with Gasteiger partial charge in [-0.1, -0.05) is 11.3 Å². The summed E-state index contributed by atoms with van der Waals surface area (Å²) >= 11 is 1.36. The first-order valence-corrected chi connectivity index (χ1v) is 6.46. The van der Waals surface area contributed by atoms with Crippen LogP contribution in [0.2, 0.25) is 0 Å². The Hall–Kier alpha value is -0.920. The normalized spacial score (nSPS) is 19.2. The molecule has 17 heavy (non-hydrogen) atoms. The molecule has 1 fully saturated rings. The van der Waals surface area contributed by atoms with Crippen LogP contribution in [0, 0.1) is 5.41 Å². The van der Waals surface area contributed by atoms with Gasteiger partial charge in [0.05, 0.1) is 6.61 Å². The van der Waals surface area contributed by atoms with Crippen molar-refractivity contribution in [3.8, 4) is 0 Å². The highest BCUT2D eigenvalue weighted by molar-refractivity contribution is 7.18. The molecule has 0 spiro atoms. The summed E-state index contributed by atoms with van der Waals surface area (Å²) in [6, 6.07) is 0. The minimum absolute atomic E-state index is 0.0898. The lowest BCUT2D eigenvalue weighted by molar-refractivity contribution is -0.0113. The zero-order valence-electron chi connectivity index (χ0n) is 9.93. The highest BCUT2D eigenvalue weighted by Gasteiger charge is 2.33. The number of aromatic nitrogens is 2. The molecule has 0 atom stereocenters. The molecule has 0 aromatic carbocycles. The lowest BCUT2D eigenvalue weighted by Gasteiger charge is -2.38. The zero-order valence-corrected chi connectivity index (χ0v) is 10.7. The van der Waals surface area contributed by atoms with Crippen LogP contribution in [0.1, 0.15) is 12.8 Å². The average molecular weight is 258 g/mol. The van der Waals surface area contributed by atoms with Crippen LogP contribution in [-0.2, 0) is 4.74 Å². The van der Waals surface area contributed by atoms with E-state index >= 15 is 0 Å². The van der Waals surface area contributed by atoms with Crippen molar-refractivity contribution < 1.29 is 9.84 Å². The van der Waals surface area contributed by atoms with Gasteiger partial charge in [0.2, 0.25) is 10.3 Å². The summed E-state index contributed by atoms with van der Waals surface area (Å²) in [6.45, 7) is 2.36. The van der Waals surface area contributed by atoms with Crippen LogP contribution in [0.5, 0.6) is 0 Å². The molecule has 0 saturated carbocycles. The van der Waals surface area contributed by atoms with E-state index < -0.39 is 0 Å². The molecule has 6 nitrogen and oxygen atoms in total. The summed E-state index contributed by atoms with van der Waals surface area (Å²) in [4.78, 5) is 2.01. The highest BCUT2D eigenvalue weighted by atomic mass is 32.1. The standard InChI is InChI=1S/C10H18N4O2S/c1-14(9-13-12-8(11)17-9)6-10(7-15)2-4-16-5-3-10/h15H,2-7H2,1H3,(H2,11,12). The summed E-state index contributed by atoms with van der Waals surface area (Å²) < 4.78 is 5.34. The Labute approximate surface area is 104 Å². The van der Waals surface area contributed by atoms with Gasteiger partial charge < -0.3 is 20.5 Å². The van der Waals surface area contributed by atoms with E-state index in [0.29, 0.717) is 18.3 Å². The molecule has 0 radical (unpaired) electrons. The van der Waals surface area contributed by atoms with Crippen LogP contribution in [0.15, 0.2) is 0 Å². The Kier molecular flexibility index (Phi) is 3.80. The second-order valence-electron chi connectivity index (χ2n) is 4.55. The van der Waals surface area contributed by atoms with Crippen molar-refractivity contribution >= 4 is 21.6 Å². The number of aliphatic hydroxyl groups is 1. The van der Waals surface area contributed by atoms with Gasteiger partial charge in [-0.15, -0.1) is 10.2 Å². The van der Waals surface area contributed by atoms with Crippen molar-refractivity contribution in [2.45, 2.75) is 12.8 Å². The number of anilines is 2. The molecule has 1 aliphatic rings. The van der Waals surface area contributed by atoms with Gasteiger partial charge in [0.25, 0.3) is 0 Å². The minimum atomic E-state index is -0.0898. The third-order valence-corrected chi connectivity index (χ3v) is 4.08. The maximum absolute atomic E-state index is 9.60. The van der Waals surface area contributed by atoms with Gasteiger partial charge in [-0.05, 0) is 12.8 Å². The van der Waals surface area contributed by atoms with Gasteiger partial charge in [0.15, 0.2) is 0 Å². The molecule has 3 N–H and O–H groups in total. The van der Waals surface area contributed by atoms with E-state index in [2.05, 4.69) is 10.2 Å². The largest absolute Gasteiger partial charge is 0.396 e. The van der Waals surface area contributed by atoms with Crippen molar-refractivity contribution in [2.24, 2.45) is 5.41 Å². The van der Waals surface area contributed by atoms with E-state index in [0.717, 1.165) is 24.5 Å². The number of hydrogen-bond acceptors (Lipinski definition) is 7. The second kappa shape index (κ2) is 5.16. The number of aliphatic hydroxyl groups excluding tert-OH is 1. The molecular formula is C10H18N4O2S. The number of hydrogen-bond donors (Lipinski definition) is 2. The fraction of sp³-hybridized carbons (Fsp3) is 0.800. The van der Waals surface area contributed by atoms with E-state index in [1.165, 1.54) is 11.3 Å². The Bertz CT molecular complexity index is 365. The van der Waals surface area contributed by atoms with Crippen LogP contribution in [0.3, 0.4) is 0 Å².